The Kier molecular flexibility index (Phi) is 5.37. The van der Waals surface area contributed by atoms with E-state index in [4.69, 9.17) is 5.26 Å². The van der Waals surface area contributed by atoms with Crippen LogP contribution in [0.25, 0.3) is 0 Å². The van der Waals surface area contributed by atoms with Gasteiger partial charge in [-0.15, -0.1) is 0 Å². The van der Waals surface area contributed by atoms with Gasteiger partial charge in [0, 0.05) is 19.7 Å². The number of hydrogen-bond acceptors (Lipinski definition) is 5. The van der Waals surface area contributed by atoms with E-state index >= 15 is 0 Å². The molecule has 5 nitrogen and oxygen atoms in total. The van der Waals surface area contributed by atoms with E-state index in [2.05, 4.69) is 34.0 Å². The molecule has 18 heavy (non-hydrogen) atoms. The van der Waals surface area contributed by atoms with Crippen LogP contribution in [0.5, 0.6) is 0 Å². The number of nitrogens with zero attached hydrogens (tertiary/aromatic N) is 4. The van der Waals surface area contributed by atoms with Gasteiger partial charge in [0.1, 0.15) is 24.0 Å². The summed E-state index contributed by atoms with van der Waals surface area (Å²) in [7, 11) is 2.03. The Bertz CT molecular complexity index is 422. The fourth-order valence-electron chi connectivity index (χ4n) is 1.53. The maximum absolute atomic E-state index is 8.55. The molecule has 0 bridgehead atoms. The van der Waals surface area contributed by atoms with Crippen LogP contribution in [0, 0.1) is 24.2 Å². The summed E-state index contributed by atoms with van der Waals surface area (Å²) in [6.07, 6.45) is 1.13. The average molecular weight is 247 g/mol. The first kappa shape index (κ1) is 14.2. The zero-order chi connectivity index (χ0) is 13.5. The van der Waals surface area contributed by atoms with Crippen molar-refractivity contribution in [3.05, 3.63) is 11.9 Å². The van der Waals surface area contributed by atoms with E-state index < -0.39 is 0 Å². The van der Waals surface area contributed by atoms with Crippen LogP contribution in [0.4, 0.5) is 11.6 Å². The maximum Gasteiger partial charge on any atom is 0.134 e. The minimum absolute atomic E-state index is 0.256. The van der Waals surface area contributed by atoms with E-state index in [1.54, 1.807) is 0 Å². The SMILES string of the molecule is Cc1nc(NCC#N)cc(N(C)CCC(C)C)n1. The molecule has 0 saturated heterocycles. The molecule has 0 unspecified atom stereocenters. The first-order valence-corrected chi connectivity index (χ1v) is 6.20. The van der Waals surface area contributed by atoms with Crippen LogP contribution in [0.15, 0.2) is 6.07 Å². The lowest BCUT2D eigenvalue weighted by Gasteiger charge is -2.20. The lowest BCUT2D eigenvalue weighted by Crippen LogP contribution is -2.21. The molecule has 0 aliphatic heterocycles. The van der Waals surface area contributed by atoms with Gasteiger partial charge in [-0.1, -0.05) is 13.8 Å². The van der Waals surface area contributed by atoms with Crippen LogP contribution in [0.3, 0.4) is 0 Å². The summed E-state index contributed by atoms with van der Waals surface area (Å²) in [4.78, 5) is 10.8. The molecule has 0 atom stereocenters. The summed E-state index contributed by atoms with van der Waals surface area (Å²) >= 11 is 0. The van der Waals surface area contributed by atoms with E-state index in [0.717, 1.165) is 18.8 Å². The van der Waals surface area contributed by atoms with Crippen molar-refractivity contribution < 1.29 is 0 Å². The van der Waals surface area contributed by atoms with Crippen molar-refractivity contribution >= 4 is 11.6 Å². The highest BCUT2D eigenvalue weighted by Gasteiger charge is 2.07. The van der Waals surface area contributed by atoms with Gasteiger partial charge in [-0.2, -0.15) is 5.26 Å². The van der Waals surface area contributed by atoms with Crippen LogP contribution in [-0.4, -0.2) is 30.1 Å². The lowest BCUT2D eigenvalue weighted by molar-refractivity contribution is 0.583. The highest BCUT2D eigenvalue weighted by Crippen LogP contribution is 2.15. The second kappa shape index (κ2) is 6.80. The normalized spacial score (nSPS) is 10.2. The molecule has 0 amide bonds. The average Bonchev–Trinajstić information content (AvgIpc) is 2.32. The number of hydrogen-bond donors (Lipinski definition) is 1. The van der Waals surface area contributed by atoms with Crippen LogP contribution in [0.2, 0.25) is 0 Å². The summed E-state index contributed by atoms with van der Waals surface area (Å²) in [5, 5.41) is 11.5. The van der Waals surface area contributed by atoms with Gasteiger partial charge in [-0.05, 0) is 19.3 Å². The Morgan fingerprint density at radius 1 is 1.44 bits per heavy atom. The third kappa shape index (κ3) is 4.58. The molecule has 0 radical (unpaired) electrons. The summed E-state index contributed by atoms with van der Waals surface area (Å²) in [5.74, 6) is 2.98. The highest BCUT2D eigenvalue weighted by atomic mass is 15.2. The van der Waals surface area contributed by atoms with Crippen molar-refractivity contribution in [2.75, 3.05) is 30.4 Å². The van der Waals surface area contributed by atoms with Crippen molar-refractivity contribution in [2.45, 2.75) is 27.2 Å². The van der Waals surface area contributed by atoms with Gasteiger partial charge in [0.15, 0.2) is 0 Å². The van der Waals surface area contributed by atoms with Gasteiger partial charge in [0.05, 0.1) is 6.07 Å². The van der Waals surface area contributed by atoms with E-state index in [1.807, 2.05) is 26.1 Å². The minimum atomic E-state index is 0.256. The van der Waals surface area contributed by atoms with Gasteiger partial charge >= 0.3 is 0 Å². The molecular weight excluding hydrogens is 226 g/mol. The van der Waals surface area contributed by atoms with E-state index in [-0.39, 0.29) is 6.54 Å². The standard InChI is InChI=1S/C13H21N5/c1-10(2)5-8-18(4)13-9-12(15-7-6-14)16-11(3)17-13/h9-10H,5,7-8H2,1-4H3,(H,15,16,17). The molecule has 1 rings (SSSR count). The van der Waals surface area contributed by atoms with Crippen LogP contribution >= 0.6 is 0 Å². The third-order valence-corrected chi connectivity index (χ3v) is 2.61. The van der Waals surface area contributed by atoms with Crippen LogP contribution in [-0.2, 0) is 0 Å². The van der Waals surface area contributed by atoms with Crippen molar-refractivity contribution in [1.82, 2.24) is 9.97 Å². The molecule has 5 heteroatoms. The predicted octanol–water partition coefficient (Wildman–Crippen LogP) is 2.20. The van der Waals surface area contributed by atoms with Gasteiger partial charge in [-0.3, -0.25) is 0 Å². The van der Waals surface area contributed by atoms with E-state index in [1.165, 1.54) is 0 Å². The van der Waals surface area contributed by atoms with Crippen molar-refractivity contribution in [1.29, 1.82) is 5.26 Å². The van der Waals surface area contributed by atoms with Crippen LogP contribution < -0.4 is 10.2 Å². The Labute approximate surface area is 109 Å². The van der Waals surface area contributed by atoms with Gasteiger partial charge in [-0.25, -0.2) is 9.97 Å². The Morgan fingerprint density at radius 3 is 2.78 bits per heavy atom. The third-order valence-electron chi connectivity index (χ3n) is 2.61. The Balaban J connectivity index is 2.75. The van der Waals surface area contributed by atoms with Gasteiger partial charge in [0.2, 0.25) is 0 Å². The predicted molar refractivity (Wildman–Crippen MR) is 73.6 cm³/mol. The Morgan fingerprint density at radius 2 is 2.17 bits per heavy atom. The van der Waals surface area contributed by atoms with Gasteiger partial charge in [0.25, 0.3) is 0 Å². The molecule has 1 aromatic heterocycles. The monoisotopic (exact) mass is 247 g/mol. The molecule has 1 aromatic rings. The molecule has 0 aliphatic carbocycles. The summed E-state index contributed by atoms with van der Waals surface area (Å²) in [5.41, 5.74) is 0. The van der Waals surface area contributed by atoms with Crippen LogP contribution in [0.1, 0.15) is 26.1 Å². The highest BCUT2D eigenvalue weighted by molar-refractivity contribution is 5.49. The minimum Gasteiger partial charge on any atom is -0.359 e. The topological polar surface area (TPSA) is 64.8 Å². The number of anilines is 2. The molecule has 1 N–H and O–H groups in total. The number of nitriles is 1. The molecule has 0 spiro atoms. The largest absolute Gasteiger partial charge is 0.359 e. The fraction of sp³-hybridized carbons (Fsp3) is 0.615. The first-order valence-electron chi connectivity index (χ1n) is 6.20. The lowest BCUT2D eigenvalue weighted by atomic mass is 10.1. The summed E-state index contributed by atoms with van der Waals surface area (Å²) in [6.45, 7) is 7.49. The molecular formula is C13H21N5. The molecule has 0 aromatic carbocycles. The first-order chi connectivity index (χ1) is 8.52. The van der Waals surface area contributed by atoms with E-state index in [9.17, 15) is 0 Å². The van der Waals surface area contributed by atoms with Gasteiger partial charge < -0.3 is 10.2 Å². The second-order valence-electron chi connectivity index (χ2n) is 4.77. The molecule has 0 aliphatic rings. The zero-order valence-corrected chi connectivity index (χ0v) is 11.6. The number of aromatic nitrogens is 2. The summed E-state index contributed by atoms with van der Waals surface area (Å²) < 4.78 is 0. The second-order valence-corrected chi connectivity index (χ2v) is 4.77. The molecule has 1 heterocycles. The Hall–Kier alpha value is -1.83. The maximum atomic E-state index is 8.55. The van der Waals surface area contributed by atoms with Crippen molar-refractivity contribution in [3.63, 3.8) is 0 Å². The fourth-order valence-corrected chi connectivity index (χ4v) is 1.53. The molecule has 0 fully saturated rings. The quantitative estimate of drug-likeness (QED) is 0.781. The smallest absolute Gasteiger partial charge is 0.134 e. The summed E-state index contributed by atoms with van der Waals surface area (Å²) in [6, 6.07) is 3.92. The molecule has 0 saturated carbocycles. The number of rotatable bonds is 6. The number of nitrogens with one attached hydrogen (secondary N) is 1. The number of aryl methyl sites for hydroxylation is 1. The van der Waals surface area contributed by atoms with E-state index in [0.29, 0.717) is 17.6 Å². The molecule has 98 valence electrons. The zero-order valence-electron chi connectivity index (χ0n) is 11.6. The van der Waals surface area contributed by atoms with Crippen molar-refractivity contribution in [2.24, 2.45) is 5.92 Å². The van der Waals surface area contributed by atoms with Crippen molar-refractivity contribution in [3.8, 4) is 6.07 Å².